The fraction of sp³-hybridized carbons (Fsp3) is 0.480. The predicted molar refractivity (Wildman–Crippen MR) is 122 cm³/mol. The van der Waals surface area contributed by atoms with Crippen LogP contribution < -0.4 is 14.8 Å². The van der Waals surface area contributed by atoms with Crippen molar-refractivity contribution >= 4 is 11.8 Å². The van der Waals surface area contributed by atoms with Gasteiger partial charge in [-0.3, -0.25) is 14.6 Å². The first kappa shape index (κ1) is 23.6. The molecule has 32 heavy (non-hydrogen) atoms. The van der Waals surface area contributed by atoms with Crippen molar-refractivity contribution in [3.8, 4) is 11.5 Å². The number of nitrogens with one attached hydrogen (secondary N) is 1. The molecular formula is C25H33N3O4. The fourth-order valence-electron chi connectivity index (χ4n) is 4.08. The first-order valence-corrected chi connectivity index (χ1v) is 11.2. The van der Waals surface area contributed by atoms with Gasteiger partial charge < -0.3 is 19.7 Å². The number of aromatic nitrogens is 1. The highest BCUT2D eigenvalue weighted by atomic mass is 16.5. The summed E-state index contributed by atoms with van der Waals surface area (Å²) in [6.07, 6.45) is 6.20. The topological polar surface area (TPSA) is 80.8 Å². The molecule has 1 aromatic heterocycles. The Morgan fingerprint density at radius 1 is 1.16 bits per heavy atom. The van der Waals surface area contributed by atoms with Gasteiger partial charge >= 0.3 is 0 Å². The van der Waals surface area contributed by atoms with E-state index >= 15 is 0 Å². The highest BCUT2D eigenvalue weighted by Crippen LogP contribution is 2.25. The van der Waals surface area contributed by atoms with Crippen LogP contribution in [0.4, 0.5) is 0 Å². The van der Waals surface area contributed by atoms with Crippen LogP contribution >= 0.6 is 0 Å². The molecule has 0 saturated carbocycles. The lowest BCUT2D eigenvalue weighted by Gasteiger charge is -2.33. The van der Waals surface area contributed by atoms with Crippen LogP contribution in [0.5, 0.6) is 11.5 Å². The summed E-state index contributed by atoms with van der Waals surface area (Å²) in [5, 5.41) is 2.98. The molecule has 1 aliphatic rings. The number of carbonyl (C=O) groups is 2. The molecule has 2 aromatic rings. The number of benzene rings is 1. The smallest absolute Gasteiger partial charge is 0.222 e. The third-order valence-electron chi connectivity index (χ3n) is 5.94. The average molecular weight is 440 g/mol. The highest BCUT2D eigenvalue weighted by Gasteiger charge is 2.24. The van der Waals surface area contributed by atoms with E-state index in [1.54, 1.807) is 20.4 Å². The zero-order valence-corrected chi connectivity index (χ0v) is 19.0. The Hall–Kier alpha value is -3.09. The first-order valence-electron chi connectivity index (χ1n) is 11.2. The number of likely N-dealkylation sites (tertiary alicyclic amines) is 1. The molecule has 0 unspecified atom stereocenters. The van der Waals surface area contributed by atoms with E-state index < -0.39 is 0 Å². The van der Waals surface area contributed by atoms with E-state index in [1.807, 2.05) is 41.3 Å². The molecule has 0 radical (unpaired) electrons. The summed E-state index contributed by atoms with van der Waals surface area (Å²) in [6, 6.07) is 11.3. The van der Waals surface area contributed by atoms with Crippen molar-refractivity contribution in [3.63, 3.8) is 0 Å². The summed E-state index contributed by atoms with van der Waals surface area (Å²) in [4.78, 5) is 31.3. The molecule has 1 atom stereocenters. The van der Waals surface area contributed by atoms with Crippen LogP contribution in [0.15, 0.2) is 42.6 Å². The summed E-state index contributed by atoms with van der Waals surface area (Å²) in [7, 11) is 3.21. The van der Waals surface area contributed by atoms with Gasteiger partial charge in [-0.25, -0.2) is 0 Å². The Labute approximate surface area is 190 Å². The van der Waals surface area contributed by atoms with Crippen molar-refractivity contribution < 1.29 is 19.1 Å². The van der Waals surface area contributed by atoms with Crippen LogP contribution in [0, 0.1) is 5.92 Å². The quantitative estimate of drug-likeness (QED) is 0.614. The Morgan fingerprint density at radius 3 is 2.78 bits per heavy atom. The molecule has 0 bridgehead atoms. The minimum absolute atomic E-state index is 0.0153. The van der Waals surface area contributed by atoms with Gasteiger partial charge in [0.05, 0.1) is 14.2 Å². The molecule has 172 valence electrons. The van der Waals surface area contributed by atoms with Crippen molar-refractivity contribution in [2.24, 2.45) is 5.92 Å². The van der Waals surface area contributed by atoms with E-state index in [0.717, 1.165) is 43.6 Å². The number of ether oxygens (including phenoxy) is 2. The second-order valence-corrected chi connectivity index (χ2v) is 8.16. The van der Waals surface area contributed by atoms with Gasteiger partial charge in [0, 0.05) is 56.0 Å². The van der Waals surface area contributed by atoms with Crippen LogP contribution in [0.3, 0.4) is 0 Å². The zero-order valence-electron chi connectivity index (χ0n) is 19.0. The third kappa shape index (κ3) is 6.97. The second-order valence-electron chi connectivity index (χ2n) is 8.16. The lowest BCUT2D eigenvalue weighted by atomic mass is 9.93. The molecule has 1 fully saturated rings. The van der Waals surface area contributed by atoms with Gasteiger partial charge in [-0.15, -0.1) is 0 Å². The van der Waals surface area contributed by atoms with Crippen LogP contribution in [0.1, 0.15) is 43.4 Å². The average Bonchev–Trinajstić information content (AvgIpc) is 2.85. The SMILES string of the molecule is COc1ccc(CNC(=O)CC[C@H]2CCCN(C(=O)CCc3ccccn3)C2)c(OC)c1. The largest absolute Gasteiger partial charge is 0.497 e. The Kier molecular flexibility index (Phi) is 8.90. The van der Waals surface area contributed by atoms with Crippen molar-refractivity contribution in [2.45, 2.75) is 45.1 Å². The normalized spacial score (nSPS) is 15.8. The summed E-state index contributed by atoms with van der Waals surface area (Å²) < 4.78 is 10.6. The molecule has 1 saturated heterocycles. The van der Waals surface area contributed by atoms with E-state index in [-0.39, 0.29) is 11.8 Å². The highest BCUT2D eigenvalue weighted by molar-refractivity contribution is 5.77. The van der Waals surface area contributed by atoms with Crippen LogP contribution in [0.2, 0.25) is 0 Å². The van der Waals surface area contributed by atoms with Crippen LogP contribution in [0.25, 0.3) is 0 Å². The van der Waals surface area contributed by atoms with Crippen LogP contribution in [-0.2, 0) is 22.6 Å². The van der Waals surface area contributed by atoms with E-state index in [4.69, 9.17) is 9.47 Å². The molecule has 3 rings (SSSR count). The number of aryl methyl sites for hydroxylation is 1. The molecule has 0 aliphatic carbocycles. The van der Waals surface area contributed by atoms with Crippen molar-refractivity contribution in [3.05, 3.63) is 53.9 Å². The minimum Gasteiger partial charge on any atom is -0.497 e. The zero-order chi connectivity index (χ0) is 22.8. The Bertz CT molecular complexity index is 888. The number of carbonyl (C=O) groups excluding carboxylic acids is 2. The number of piperidine rings is 1. The monoisotopic (exact) mass is 439 g/mol. The number of amides is 2. The first-order chi connectivity index (χ1) is 15.6. The summed E-state index contributed by atoms with van der Waals surface area (Å²) >= 11 is 0. The van der Waals surface area contributed by atoms with Gasteiger partial charge in [0.1, 0.15) is 11.5 Å². The van der Waals surface area contributed by atoms with Crippen molar-refractivity contribution in [2.75, 3.05) is 27.3 Å². The summed E-state index contributed by atoms with van der Waals surface area (Å²) in [5.74, 6) is 1.96. The molecule has 7 heteroatoms. The van der Waals surface area contributed by atoms with E-state index in [1.165, 1.54) is 0 Å². The maximum atomic E-state index is 12.6. The fourth-order valence-corrected chi connectivity index (χ4v) is 4.08. The van der Waals surface area contributed by atoms with E-state index in [9.17, 15) is 9.59 Å². The van der Waals surface area contributed by atoms with Gasteiger partial charge in [-0.2, -0.15) is 0 Å². The number of hydrogen-bond donors (Lipinski definition) is 1. The van der Waals surface area contributed by atoms with Gasteiger partial charge in [0.2, 0.25) is 11.8 Å². The van der Waals surface area contributed by atoms with Gasteiger partial charge in [-0.05, 0) is 55.9 Å². The number of pyridine rings is 1. The lowest BCUT2D eigenvalue weighted by Crippen LogP contribution is -2.40. The van der Waals surface area contributed by atoms with Gasteiger partial charge in [0.25, 0.3) is 0 Å². The number of rotatable bonds is 10. The maximum absolute atomic E-state index is 12.6. The molecular weight excluding hydrogens is 406 g/mol. The van der Waals surface area contributed by atoms with E-state index in [0.29, 0.717) is 43.2 Å². The molecule has 1 aliphatic heterocycles. The molecule has 2 amide bonds. The third-order valence-corrected chi connectivity index (χ3v) is 5.94. The maximum Gasteiger partial charge on any atom is 0.222 e. The van der Waals surface area contributed by atoms with Gasteiger partial charge in [0.15, 0.2) is 0 Å². The number of hydrogen-bond acceptors (Lipinski definition) is 5. The second kappa shape index (κ2) is 12.1. The van der Waals surface area contributed by atoms with E-state index in [2.05, 4.69) is 10.3 Å². The van der Waals surface area contributed by atoms with Gasteiger partial charge in [-0.1, -0.05) is 6.07 Å². The Morgan fingerprint density at radius 2 is 2.03 bits per heavy atom. The summed E-state index contributed by atoms with van der Waals surface area (Å²) in [5.41, 5.74) is 1.85. The van der Waals surface area contributed by atoms with Crippen molar-refractivity contribution in [1.82, 2.24) is 15.2 Å². The van der Waals surface area contributed by atoms with Crippen LogP contribution in [-0.4, -0.2) is 49.0 Å². The number of nitrogens with zero attached hydrogens (tertiary/aromatic N) is 2. The predicted octanol–water partition coefficient (Wildman–Crippen LogP) is 3.37. The summed E-state index contributed by atoms with van der Waals surface area (Å²) in [6.45, 7) is 1.95. The molecule has 7 nitrogen and oxygen atoms in total. The molecule has 0 spiro atoms. The molecule has 2 heterocycles. The molecule has 1 aromatic carbocycles. The standard InChI is InChI=1S/C25H33N3O4/c1-31-22-11-9-20(23(16-22)32-2)17-27-24(29)12-8-19-6-5-15-28(18-19)25(30)13-10-21-7-3-4-14-26-21/h3-4,7,9,11,14,16,19H,5-6,8,10,12-13,15,17-18H2,1-2H3,(H,27,29)/t19-/m1/s1. The Balaban J connectivity index is 1.40. The minimum atomic E-state index is 0.0153. The molecule has 1 N–H and O–H groups in total. The number of methoxy groups -OCH3 is 2. The lowest BCUT2D eigenvalue weighted by molar-refractivity contribution is -0.133. The van der Waals surface area contributed by atoms with Crippen molar-refractivity contribution in [1.29, 1.82) is 0 Å².